The van der Waals surface area contributed by atoms with Crippen LogP contribution in [0.3, 0.4) is 0 Å². The lowest BCUT2D eigenvalue weighted by atomic mass is 10.2. The molecule has 0 heterocycles. The monoisotopic (exact) mass is 313 g/mol. The first-order valence-corrected chi connectivity index (χ1v) is 8.44. The van der Waals surface area contributed by atoms with E-state index in [0.717, 1.165) is 6.54 Å². The third-order valence-corrected chi connectivity index (χ3v) is 4.97. The highest BCUT2D eigenvalue weighted by Gasteiger charge is 2.16. The molecule has 0 bridgehead atoms. The van der Waals surface area contributed by atoms with Crippen molar-refractivity contribution in [3.63, 3.8) is 0 Å². The van der Waals surface area contributed by atoms with Gasteiger partial charge < -0.3 is 15.4 Å². The number of benzene rings is 1. The molecule has 0 atom stereocenters. The van der Waals surface area contributed by atoms with Crippen molar-refractivity contribution in [3.05, 3.63) is 29.8 Å². The third-order valence-electron chi connectivity index (χ3n) is 3.26. The summed E-state index contributed by atoms with van der Waals surface area (Å²) in [6, 6.07) is 6.10. The van der Waals surface area contributed by atoms with Gasteiger partial charge in [0.05, 0.1) is 17.3 Å². The molecular weight excluding hydrogens is 290 g/mol. The summed E-state index contributed by atoms with van der Waals surface area (Å²) in [5.41, 5.74) is 5.87. The Morgan fingerprint density at radius 2 is 1.90 bits per heavy atom. The molecule has 7 heteroatoms. The van der Waals surface area contributed by atoms with Crippen LogP contribution < -0.4 is 5.73 Å². The van der Waals surface area contributed by atoms with Gasteiger partial charge in [-0.25, -0.2) is 8.42 Å². The Morgan fingerprint density at radius 3 is 2.38 bits per heavy atom. The van der Waals surface area contributed by atoms with Crippen molar-refractivity contribution in [2.45, 2.75) is 11.8 Å². The van der Waals surface area contributed by atoms with Crippen LogP contribution in [0.25, 0.3) is 0 Å². The first-order valence-electron chi connectivity index (χ1n) is 6.79. The first kappa shape index (κ1) is 17.6. The molecule has 6 nitrogen and oxygen atoms in total. The number of hydrogen-bond donors (Lipinski definition) is 2. The van der Waals surface area contributed by atoms with Crippen molar-refractivity contribution in [2.75, 3.05) is 39.1 Å². The molecule has 0 aliphatic carbocycles. The van der Waals surface area contributed by atoms with E-state index >= 15 is 0 Å². The minimum absolute atomic E-state index is 0.0595. The molecule has 0 fully saturated rings. The van der Waals surface area contributed by atoms with Crippen molar-refractivity contribution in [3.8, 4) is 0 Å². The standard InChI is InChI=1S/C14H23N3O3S/c1-3-17(8-10-20-2)9-11-21(18,19)13-6-4-12(5-7-13)14(15)16/h4-7H,3,8-11H2,1-2H3,(H3,15,16). The van der Waals surface area contributed by atoms with Crippen LogP contribution in [0.5, 0.6) is 0 Å². The van der Waals surface area contributed by atoms with Crippen LogP contribution in [0.1, 0.15) is 12.5 Å². The first-order chi connectivity index (χ1) is 9.90. The molecule has 21 heavy (non-hydrogen) atoms. The number of nitrogens with two attached hydrogens (primary N) is 1. The van der Waals surface area contributed by atoms with Gasteiger partial charge in [-0.1, -0.05) is 19.1 Å². The Bertz CT molecular complexity index is 555. The molecule has 0 saturated carbocycles. The van der Waals surface area contributed by atoms with E-state index in [1.165, 1.54) is 12.1 Å². The van der Waals surface area contributed by atoms with Gasteiger partial charge in [0.1, 0.15) is 5.84 Å². The molecule has 0 saturated heterocycles. The zero-order valence-electron chi connectivity index (χ0n) is 12.5. The Kier molecular flexibility index (Phi) is 6.80. The predicted octanol–water partition coefficient (Wildman–Crippen LogP) is 0.713. The maximum atomic E-state index is 12.3. The summed E-state index contributed by atoms with van der Waals surface area (Å²) in [5, 5.41) is 7.30. The molecule has 3 N–H and O–H groups in total. The zero-order chi connectivity index (χ0) is 15.9. The molecule has 1 aromatic rings. The summed E-state index contributed by atoms with van der Waals surface area (Å²) in [6.45, 7) is 4.54. The predicted molar refractivity (Wildman–Crippen MR) is 83.5 cm³/mol. The number of likely N-dealkylation sites (N-methyl/N-ethyl adjacent to an activating group) is 1. The van der Waals surface area contributed by atoms with Gasteiger partial charge in [0, 0.05) is 25.8 Å². The van der Waals surface area contributed by atoms with Crippen molar-refractivity contribution in [2.24, 2.45) is 5.73 Å². The van der Waals surface area contributed by atoms with Crippen LogP contribution in [0.4, 0.5) is 0 Å². The van der Waals surface area contributed by atoms with Crippen LogP contribution >= 0.6 is 0 Å². The van der Waals surface area contributed by atoms with E-state index in [0.29, 0.717) is 25.3 Å². The molecule has 0 unspecified atom stereocenters. The van der Waals surface area contributed by atoms with Crippen LogP contribution in [0.15, 0.2) is 29.2 Å². The largest absolute Gasteiger partial charge is 0.384 e. The summed E-state index contributed by atoms with van der Waals surface area (Å²) in [4.78, 5) is 2.29. The lowest BCUT2D eigenvalue weighted by Gasteiger charge is -2.19. The van der Waals surface area contributed by atoms with Crippen LogP contribution in [0, 0.1) is 5.41 Å². The smallest absolute Gasteiger partial charge is 0.179 e. The Morgan fingerprint density at radius 1 is 1.29 bits per heavy atom. The average Bonchev–Trinajstić information content (AvgIpc) is 2.47. The summed E-state index contributed by atoms with van der Waals surface area (Å²) in [7, 11) is -1.70. The van der Waals surface area contributed by atoms with Gasteiger partial charge in [0.15, 0.2) is 9.84 Å². The number of sulfone groups is 1. The lowest BCUT2D eigenvalue weighted by Crippen LogP contribution is -2.32. The van der Waals surface area contributed by atoms with Gasteiger partial charge >= 0.3 is 0 Å². The highest BCUT2D eigenvalue weighted by Crippen LogP contribution is 2.12. The van der Waals surface area contributed by atoms with E-state index in [1.54, 1.807) is 19.2 Å². The third kappa shape index (κ3) is 5.45. The molecule has 0 amide bonds. The van der Waals surface area contributed by atoms with Crippen molar-refractivity contribution in [1.82, 2.24) is 4.90 Å². The van der Waals surface area contributed by atoms with Crippen molar-refractivity contribution in [1.29, 1.82) is 5.41 Å². The average molecular weight is 313 g/mol. The van der Waals surface area contributed by atoms with Crippen molar-refractivity contribution < 1.29 is 13.2 Å². The van der Waals surface area contributed by atoms with Gasteiger partial charge in [-0.15, -0.1) is 0 Å². The number of nitrogen functional groups attached to an aromatic ring is 1. The minimum Gasteiger partial charge on any atom is -0.384 e. The summed E-state index contributed by atoms with van der Waals surface area (Å²) in [6.07, 6.45) is 0. The van der Waals surface area contributed by atoms with Crippen LogP contribution in [0.2, 0.25) is 0 Å². The topological polar surface area (TPSA) is 96.5 Å². The van der Waals surface area contributed by atoms with E-state index in [4.69, 9.17) is 15.9 Å². The molecular formula is C14H23N3O3S. The van der Waals surface area contributed by atoms with Gasteiger partial charge in [-0.05, 0) is 18.7 Å². The SMILES string of the molecule is CCN(CCOC)CCS(=O)(=O)c1ccc(C(=N)N)cc1. The fourth-order valence-electron chi connectivity index (χ4n) is 1.86. The molecule has 0 radical (unpaired) electrons. The molecule has 0 spiro atoms. The normalized spacial score (nSPS) is 11.8. The van der Waals surface area contributed by atoms with Gasteiger partial charge in [-0.3, -0.25) is 5.41 Å². The lowest BCUT2D eigenvalue weighted by molar-refractivity contribution is 0.154. The molecule has 1 rings (SSSR count). The van der Waals surface area contributed by atoms with E-state index in [2.05, 4.69) is 0 Å². The number of methoxy groups -OCH3 is 1. The molecule has 0 aromatic heterocycles. The second kappa shape index (κ2) is 8.11. The quantitative estimate of drug-likeness (QED) is 0.517. The number of nitrogens with one attached hydrogen (secondary N) is 1. The molecule has 1 aromatic carbocycles. The number of ether oxygens (including phenoxy) is 1. The Balaban J connectivity index is 2.70. The molecule has 0 aliphatic rings. The summed E-state index contributed by atoms with van der Waals surface area (Å²) >= 11 is 0. The Hall–Kier alpha value is -1.44. The maximum Gasteiger partial charge on any atom is 0.179 e. The van der Waals surface area contributed by atoms with Crippen molar-refractivity contribution >= 4 is 15.7 Å². The van der Waals surface area contributed by atoms with Crippen LogP contribution in [-0.2, 0) is 14.6 Å². The summed E-state index contributed by atoms with van der Waals surface area (Å²) in [5.74, 6) is -0.0140. The van der Waals surface area contributed by atoms with E-state index in [-0.39, 0.29) is 16.5 Å². The van der Waals surface area contributed by atoms with Gasteiger partial charge in [0.2, 0.25) is 0 Å². The molecule has 118 valence electrons. The fraction of sp³-hybridized carbons (Fsp3) is 0.500. The van der Waals surface area contributed by atoms with E-state index in [9.17, 15) is 8.42 Å². The number of hydrogen-bond acceptors (Lipinski definition) is 5. The zero-order valence-corrected chi connectivity index (χ0v) is 13.3. The van der Waals surface area contributed by atoms with E-state index in [1.807, 2.05) is 11.8 Å². The number of rotatable bonds is 9. The number of nitrogens with zero attached hydrogens (tertiary/aromatic N) is 1. The molecule has 0 aliphatic heterocycles. The maximum absolute atomic E-state index is 12.3. The van der Waals surface area contributed by atoms with Crippen LogP contribution in [-0.4, -0.2) is 58.3 Å². The highest BCUT2D eigenvalue weighted by molar-refractivity contribution is 7.91. The highest BCUT2D eigenvalue weighted by atomic mass is 32.2. The second-order valence-corrected chi connectivity index (χ2v) is 6.79. The van der Waals surface area contributed by atoms with E-state index < -0.39 is 9.84 Å². The fourth-order valence-corrected chi connectivity index (χ4v) is 3.14. The number of amidine groups is 1. The Labute approximate surface area is 126 Å². The van der Waals surface area contributed by atoms with Gasteiger partial charge in [-0.2, -0.15) is 0 Å². The van der Waals surface area contributed by atoms with Gasteiger partial charge in [0.25, 0.3) is 0 Å². The minimum atomic E-state index is -3.33. The summed E-state index contributed by atoms with van der Waals surface area (Å²) < 4.78 is 29.5. The second-order valence-electron chi connectivity index (χ2n) is 4.68.